The van der Waals surface area contributed by atoms with Crippen LogP contribution in [0.5, 0.6) is 0 Å². The first-order chi connectivity index (χ1) is 8.56. The molecule has 0 aromatic heterocycles. The van der Waals surface area contributed by atoms with Gasteiger partial charge in [-0.15, -0.1) is 0 Å². The van der Waals surface area contributed by atoms with E-state index < -0.39 is 0 Å². The van der Waals surface area contributed by atoms with Crippen LogP contribution in [0.15, 0.2) is 0 Å². The van der Waals surface area contributed by atoms with Gasteiger partial charge in [0.25, 0.3) is 0 Å². The van der Waals surface area contributed by atoms with E-state index in [0.29, 0.717) is 12.6 Å². The van der Waals surface area contributed by atoms with Crippen LogP contribution < -0.4 is 11.1 Å². The van der Waals surface area contributed by atoms with Gasteiger partial charge < -0.3 is 21.1 Å². The number of aliphatic hydroxyl groups excluding tert-OH is 1. The number of hydrogen-bond donors (Lipinski definition) is 3. The fraction of sp³-hybridized carbons (Fsp3) is 1.00. The minimum atomic E-state index is 0.0623. The Morgan fingerprint density at radius 2 is 2.06 bits per heavy atom. The predicted molar refractivity (Wildman–Crippen MR) is 76.6 cm³/mol. The van der Waals surface area contributed by atoms with Gasteiger partial charge in [-0.05, 0) is 51.7 Å². The van der Waals surface area contributed by atoms with E-state index in [0.717, 1.165) is 25.9 Å². The van der Waals surface area contributed by atoms with Crippen molar-refractivity contribution in [1.82, 2.24) is 10.2 Å². The van der Waals surface area contributed by atoms with Crippen molar-refractivity contribution in [3.05, 3.63) is 0 Å². The first-order valence-corrected chi connectivity index (χ1v) is 7.38. The molecule has 0 aromatic rings. The van der Waals surface area contributed by atoms with Crippen LogP contribution >= 0.6 is 0 Å². The Morgan fingerprint density at radius 1 is 1.33 bits per heavy atom. The summed E-state index contributed by atoms with van der Waals surface area (Å²) in [6.07, 6.45) is 3.46. The molecule has 0 radical (unpaired) electrons. The third kappa shape index (κ3) is 4.19. The normalized spacial score (nSPS) is 29.8. The average molecular weight is 257 g/mol. The number of likely N-dealkylation sites (tertiary alicyclic amines) is 1. The van der Waals surface area contributed by atoms with Crippen molar-refractivity contribution in [1.29, 1.82) is 0 Å². The van der Waals surface area contributed by atoms with Crippen molar-refractivity contribution in [3.63, 3.8) is 0 Å². The summed E-state index contributed by atoms with van der Waals surface area (Å²) in [5, 5.41) is 13.0. The smallest absolute Gasteiger partial charge is 0.0471 e. The lowest BCUT2D eigenvalue weighted by Crippen LogP contribution is -2.56. The number of nitrogens with two attached hydrogens (primary N) is 1. The Hall–Kier alpha value is -0.160. The monoisotopic (exact) mass is 257 g/mol. The fourth-order valence-electron chi connectivity index (χ4n) is 2.76. The zero-order valence-electron chi connectivity index (χ0n) is 12.3. The molecule has 4 heteroatoms. The Morgan fingerprint density at radius 3 is 2.61 bits per heavy atom. The van der Waals surface area contributed by atoms with E-state index in [1.807, 2.05) is 0 Å². The topological polar surface area (TPSA) is 61.5 Å². The maximum absolute atomic E-state index is 9.25. The zero-order chi connectivity index (χ0) is 13.6. The molecular formula is C14H31N3O. The number of nitrogens with one attached hydrogen (secondary N) is 1. The molecule has 18 heavy (non-hydrogen) atoms. The summed E-state index contributed by atoms with van der Waals surface area (Å²) in [5.41, 5.74) is 6.10. The highest BCUT2D eigenvalue weighted by molar-refractivity contribution is 4.94. The van der Waals surface area contributed by atoms with E-state index in [1.54, 1.807) is 0 Å². The van der Waals surface area contributed by atoms with Crippen LogP contribution in [0.2, 0.25) is 0 Å². The van der Waals surface area contributed by atoms with Crippen LogP contribution in [0, 0.1) is 5.92 Å². The first kappa shape index (κ1) is 15.9. The van der Waals surface area contributed by atoms with Gasteiger partial charge in [-0.25, -0.2) is 0 Å². The van der Waals surface area contributed by atoms with Gasteiger partial charge in [0.1, 0.15) is 0 Å². The maximum Gasteiger partial charge on any atom is 0.0471 e. The molecule has 108 valence electrons. The van der Waals surface area contributed by atoms with Gasteiger partial charge in [0.15, 0.2) is 0 Å². The molecule has 1 heterocycles. The minimum absolute atomic E-state index is 0.0623. The van der Waals surface area contributed by atoms with Crippen molar-refractivity contribution in [2.24, 2.45) is 11.7 Å². The van der Waals surface area contributed by atoms with Gasteiger partial charge in [0.2, 0.25) is 0 Å². The molecule has 0 saturated carbocycles. The summed E-state index contributed by atoms with van der Waals surface area (Å²) >= 11 is 0. The number of aliphatic hydroxyl groups is 1. The van der Waals surface area contributed by atoms with Crippen LogP contribution in [-0.4, -0.2) is 54.4 Å². The van der Waals surface area contributed by atoms with Crippen molar-refractivity contribution in [2.75, 3.05) is 32.8 Å². The molecule has 0 bridgehead atoms. The Bertz CT molecular complexity index is 237. The molecule has 1 fully saturated rings. The van der Waals surface area contributed by atoms with E-state index >= 15 is 0 Å². The van der Waals surface area contributed by atoms with E-state index in [2.05, 4.69) is 31.0 Å². The van der Waals surface area contributed by atoms with Gasteiger partial charge in [-0.2, -0.15) is 0 Å². The lowest BCUT2D eigenvalue weighted by atomic mass is 9.88. The second-order valence-corrected chi connectivity index (χ2v) is 5.87. The van der Waals surface area contributed by atoms with Crippen molar-refractivity contribution in [2.45, 2.75) is 51.6 Å². The molecule has 1 saturated heterocycles. The Balaban J connectivity index is 2.61. The summed E-state index contributed by atoms with van der Waals surface area (Å²) in [6.45, 7) is 10.8. The second-order valence-electron chi connectivity index (χ2n) is 5.87. The van der Waals surface area contributed by atoms with Gasteiger partial charge in [0, 0.05) is 24.7 Å². The van der Waals surface area contributed by atoms with Crippen molar-refractivity contribution >= 4 is 0 Å². The van der Waals surface area contributed by atoms with E-state index in [9.17, 15) is 5.11 Å². The minimum Gasteiger partial charge on any atom is -0.396 e. The van der Waals surface area contributed by atoms with E-state index in [1.165, 1.54) is 13.0 Å². The van der Waals surface area contributed by atoms with Crippen LogP contribution in [0.25, 0.3) is 0 Å². The molecule has 0 spiro atoms. The summed E-state index contributed by atoms with van der Waals surface area (Å²) in [5.74, 6) is 0.277. The van der Waals surface area contributed by atoms with Crippen LogP contribution in [0.4, 0.5) is 0 Å². The fourth-order valence-corrected chi connectivity index (χ4v) is 2.76. The zero-order valence-corrected chi connectivity index (χ0v) is 12.3. The Kier molecular flexibility index (Phi) is 6.57. The molecule has 3 atom stereocenters. The van der Waals surface area contributed by atoms with Crippen molar-refractivity contribution in [3.8, 4) is 0 Å². The van der Waals surface area contributed by atoms with Gasteiger partial charge in [-0.3, -0.25) is 0 Å². The van der Waals surface area contributed by atoms with Crippen LogP contribution in [0.1, 0.15) is 40.0 Å². The highest BCUT2D eigenvalue weighted by Crippen LogP contribution is 2.23. The van der Waals surface area contributed by atoms with Crippen molar-refractivity contribution < 1.29 is 5.11 Å². The molecule has 3 unspecified atom stereocenters. The molecule has 0 aliphatic carbocycles. The van der Waals surface area contributed by atoms with E-state index in [-0.39, 0.29) is 18.1 Å². The van der Waals surface area contributed by atoms with E-state index in [4.69, 9.17) is 5.73 Å². The second kappa shape index (κ2) is 7.43. The largest absolute Gasteiger partial charge is 0.396 e. The molecule has 1 aliphatic heterocycles. The van der Waals surface area contributed by atoms with Gasteiger partial charge in [-0.1, -0.05) is 13.8 Å². The number of rotatable bonds is 6. The summed E-state index contributed by atoms with van der Waals surface area (Å²) < 4.78 is 0. The molecule has 0 amide bonds. The summed E-state index contributed by atoms with van der Waals surface area (Å²) in [4.78, 5) is 2.50. The third-order valence-electron chi connectivity index (χ3n) is 4.55. The summed E-state index contributed by atoms with van der Waals surface area (Å²) in [7, 11) is 0. The maximum atomic E-state index is 9.25. The van der Waals surface area contributed by atoms with Crippen LogP contribution in [0.3, 0.4) is 0 Å². The third-order valence-corrected chi connectivity index (χ3v) is 4.55. The molecular weight excluding hydrogens is 226 g/mol. The molecule has 1 aliphatic rings. The highest BCUT2D eigenvalue weighted by Gasteiger charge is 2.32. The molecule has 0 aromatic carbocycles. The molecule has 1 rings (SSSR count). The molecule has 4 N–H and O–H groups in total. The number of hydrogen-bond acceptors (Lipinski definition) is 4. The standard InChI is InChI=1S/C14H31N3O/c1-4-17-8-5-6-14(11-15,7-9-17)16-13(3)12(2)10-18/h12-13,16,18H,4-11,15H2,1-3H3. The lowest BCUT2D eigenvalue weighted by Gasteiger charge is -2.37. The van der Waals surface area contributed by atoms with Gasteiger partial charge >= 0.3 is 0 Å². The molecule has 4 nitrogen and oxygen atoms in total. The number of nitrogens with zero attached hydrogens (tertiary/aromatic N) is 1. The first-order valence-electron chi connectivity index (χ1n) is 7.38. The Labute approximate surface area is 112 Å². The SMILES string of the molecule is CCN1CCCC(CN)(NC(C)C(C)CO)CC1. The predicted octanol–water partition coefficient (Wildman–Crippen LogP) is 0.796. The lowest BCUT2D eigenvalue weighted by molar-refractivity contribution is 0.171. The quantitative estimate of drug-likeness (QED) is 0.658. The summed E-state index contributed by atoms with van der Waals surface area (Å²) in [6, 6.07) is 0.312. The highest BCUT2D eigenvalue weighted by atomic mass is 16.3. The van der Waals surface area contributed by atoms with Crippen LogP contribution in [-0.2, 0) is 0 Å². The average Bonchev–Trinajstić information content (AvgIpc) is 2.60. The van der Waals surface area contributed by atoms with Gasteiger partial charge in [0.05, 0.1) is 0 Å².